The molecule has 0 aliphatic heterocycles. The number of rotatable bonds is 6. The molecule has 0 saturated carbocycles. The van der Waals surface area contributed by atoms with E-state index in [1.807, 2.05) is 11.4 Å². The van der Waals surface area contributed by atoms with Gasteiger partial charge in [-0.2, -0.15) is 4.68 Å². The molecule has 0 amide bonds. The van der Waals surface area contributed by atoms with Crippen LogP contribution in [0.1, 0.15) is 0 Å². The van der Waals surface area contributed by atoms with Crippen LogP contribution in [-0.2, 0) is 6.54 Å². The lowest BCUT2D eigenvalue weighted by atomic mass is 10.3. The zero-order valence-corrected chi connectivity index (χ0v) is 12.7. The van der Waals surface area contributed by atoms with E-state index in [9.17, 15) is 14.3 Å². The third-order valence-electron chi connectivity index (χ3n) is 2.98. The van der Waals surface area contributed by atoms with Gasteiger partial charge in [-0.3, -0.25) is 0 Å². The Hall–Kier alpha value is -2.45. The highest BCUT2D eigenvalue weighted by Crippen LogP contribution is 2.21. The molecular formula is C15H13FN2O4S. The summed E-state index contributed by atoms with van der Waals surface area (Å²) in [5.41, 5.74) is 0. The molecule has 0 radical (unpaired) electrons. The lowest BCUT2D eigenvalue weighted by molar-refractivity contribution is 0.0875. The van der Waals surface area contributed by atoms with Crippen molar-refractivity contribution in [3.8, 4) is 16.5 Å². The lowest BCUT2D eigenvalue weighted by Crippen LogP contribution is -2.29. The summed E-state index contributed by atoms with van der Waals surface area (Å²) in [5.74, 6) is -0.365. The summed E-state index contributed by atoms with van der Waals surface area (Å²) < 4.78 is 24.2. The van der Waals surface area contributed by atoms with Gasteiger partial charge in [-0.05, 0) is 35.7 Å². The Kier molecular flexibility index (Phi) is 4.54. The second-order valence-electron chi connectivity index (χ2n) is 4.75. The van der Waals surface area contributed by atoms with Crippen LogP contribution in [0.3, 0.4) is 0 Å². The van der Waals surface area contributed by atoms with Gasteiger partial charge in [0.25, 0.3) is 5.89 Å². The lowest BCUT2D eigenvalue weighted by Gasteiger charge is -2.11. The number of hydrogen-bond donors (Lipinski definition) is 1. The molecule has 0 saturated heterocycles. The summed E-state index contributed by atoms with van der Waals surface area (Å²) in [4.78, 5) is 12.5. The monoisotopic (exact) mass is 336 g/mol. The highest BCUT2D eigenvalue weighted by molar-refractivity contribution is 7.13. The van der Waals surface area contributed by atoms with E-state index < -0.39 is 11.9 Å². The first-order valence-electron chi connectivity index (χ1n) is 6.80. The molecule has 0 bridgehead atoms. The van der Waals surface area contributed by atoms with Crippen molar-refractivity contribution in [2.75, 3.05) is 6.61 Å². The minimum Gasteiger partial charge on any atom is -0.491 e. The third-order valence-corrected chi connectivity index (χ3v) is 3.84. The molecule has 1 unspecified atom stereocenters. The van der Waals surface area contributed by atoms with Crippen molar-refractivity contribution in [1.29, 1.82) is 0 Å². The van der Waals surface area contributed by atoms with Crippen LogP contribution in [0.2, 0.25) is 0 Å². The van der Waals surface area contributed by atoms with E-state index in [-0.39, 0.29) is 24.9 Å². The zero-order valence-electron chi connectivity index (χ0n) is 11.9. The number of halogens is 1. The highest BCUT2D eigenvalue weighted by Gasteiger charge is 2.15. The fourth-order valence-electron chi connectivity index (χ4n) is 1.90. The van der Waals surface area contributed by atoms with Crippen molar-refractivity contribution in [2.45, 2.75) is 12.6 Å². The Morgan fingerprint density at radius 3 is 2.83 bits per heavy atom. The topological polar surface area (TPSA) is 77.5 Å². The quantitative estimate of drug-likeness (QED) is 0.746. The van der Waals surface area contributed by atoms with Crippen LogP contribution in [0.5, 0.6) is 5.75 Å². The molecule has 1 N–H and O–H groups in total. The molecule has 1 atom stereocenters. The highest BCUT2D eigenvalue weighted by atomic mass is 32.1. The van der Waals surface area contributed by atoms with E-state index in [1.54, 1.807) is 6.07 Å². The number of aliphatic hydroxyl groups is 1. The van der Waals surface area contributed by atoms with E-state index in [1.165, 1.54) is 35.6 Å². The number of hydrogen-bond acceptors (Lipinski definition) is 6. The standard InChI is InChI=1S/C15H13FN2O4S/c16-10-3-5-12(6-4-10)21-9-11(19)8-18-15(20)22-14(17-18)13-2-1-7-23-13/h1-7,11,19H,8-9H2. The number of aromatic nitrogens is 2. The smallest absolute Gasteiger partial charge is 0.437 e. The molecule has 120 valence electrons. The molecule has 0 spiro atoms. The summed E-state index contributed by atoms with van der Waals surface area (Å²) in [6.07, 6.45) is -0.959. The molecule has 3 rings (SSSR count). The summed E-state index contributed by atoms with van der Waals surface area (Å²) in [6, 6.07) is 9.05. The molecule has 0 fully saturated rings. The Balaban J connectivity index is 1.60. The van der Waals surface area contributed by atoms with Gasteiger partial charge in [-0.15, -0.1) is 16.4 Å². The molecule has 0 aliphatic rings. The summed E-state index contributed by atoms with van der Waals surface area (Å²) in [5, 5.41) is 15.8. The van der Waals surface area contributed by atoms with Crippen molar-refractivity contribution in [3.63, 3.8) is 0 Å². The van der Waals surface area contributed by atoms with Gasteiger partial charge in [0.2, 0.25) is 0 Å². The summed E-state index contributed by atoms with van der Waals surface area (Å²) in [7, 11) is 0. The fraction of sp³-hybridized carbons (Fsp3) is 0.200. The molecule has 0 aliphatic carbocycles. The Labute approximate surface area is 134 Å². The fourth-order valence-corrected chi connectivity index (χ4v) is 2.54. The molecule has 2 heterocycles. The Morgan fingerprint density at radius 1 is 1.35 bits per heavy atom. The minimum absolute atomic E-state index is 0.0563. The van der Waals surface area contributed by atoms with Crippen molar-refractivity contribution in [2.24, 2.45) is 0 Å². The van der Waals surface area contributed by atoms with E-state index in [2.05, 4.69) is 5.10 Å². The van der Waals surface area contributed by atoms with Gasteiger partial charge in [-0.1, -0.05) is 6.07 Å². The first-order chi connectivity index (χ1) is 11.1. The van der Waals surface area contributed by atoms with Crippen molar-refractivity contribution in [3.05, 3.63) is 58.1 Å². The number of aliphatic hydroxyl groups excluding tert-OH is 1. The van der Waals surface area contributed by atoms with Gasteiger partial charge in [0.05, 0.1) is 11.4 Å². The first-order valence-corrected chi connectivity index (χ1v) is 7.68. The van der Waals surface area contributed by atoms with Crippen LogP contribution in [0.25, 0.3) is 10.8 Å². The van der Waals surface area contributed by atoms with Gasteiger partial charge >= 0.3 is 5.76 Å². The van der Waals surface area contributed by atoms with Crippen molar-refractivity contribution in [1.82, 2.24) is 9.78 Å². The predicted molar refractivity (Wildman–Crippen MR) is 82.0 cm³/mol. The van der Waals surface area contributed by atoms with Crippen LogP contribution in [0, 0.1) is 5.82 Å². The zero-order chi connectivity index (χ0) is 16.2. The molecule has 2 aromatic heterocycles. The average Bonchev–Trinajstić information content (AvgIpc) is 3.17. The maximum atomic E-state index is 12.8. The van der Waals surface area contributed by atoms with Gasteiger partial charge in [0.15, 0.2) is 0 Å². The molecular weight excluding hydrogens is 323 g/mol. The normalized spacial score (nSPS) is 12.3. The van der Waals surface area contributed by atoms with Gasteiger partial charge in [0, 0.05) is 0 Å². The summed E-state index contributed by atoms with van der Waals surface area (Å²) in [6.45, 7) is -0.117. The Morgan fingerprint density at radius 2 is 2.13 bits per heavy atom. The molecule has 6 nitrogen and oxygen atoms in total. The van der Waals surface area contributed by atoms with Crippen LogP contribution in [-0.4, -0.2) is 27.6 Å². The van der Waals surface area contributed by atoms with E-state index in [0.717, 1.165) is 9.56 Å². The Bertz CT molecular complexity index is 811. The molecule has 8 heteroatoms. The van der Waals surface area contributed by atoms with Crippen LogP contribution >= 0.6 is 11.3 Å². The van der Waals surface area contributed by atoms with E-state index in [4.69, 9.17) is 9.15 Å². The number of nitrogens with zero attached hydrogens (tertiary/aromatic N) is 2. The van der Waals surface area contributed by atoms with E-state index >= 15 is 0 Å². The van der Waals surface area contributed by atoms with Gasteiger partial charge in [0.1, 0.15) is 24.3 Å². The summed E-state index contributed by atoms with van der Waals surface area (Å²) >= 11 is 1.40. The van der Waals surface area contributed by atoms with E-state index in [0.29, 0.717) is 5.75 Å². The van der Waals surface area contributed by atoms with Crippen LogP contribution < -0.4 is 10.5 Å². The third kappa shape index (κ3) is 3.85. The maximum absolute atomic E-state index is 12.8. The predicted octanol–water partition coefficient (Wildman–Crippen LogP) is 2.14. The maximum Gasteiger partial charge on any atom is 0.437 e. The second-order valence-corrected chi connectivity index (χ2v) is 5.70. The van der Waals surface area contributed by atoms with Crippen molar-refractivity contribution < 1.29 is 18.7 Å². The van der Waals surface area contributed by atoms with Crippen molar-refractivity contribution >= 4 is 11.3 Å². The van der Waals surface area contributed by atoms with Crippen LogP contribution in [0.4, 0.5) is 4.39 Å². The molecule has 23 heavy (non-hydrogen) atoms. The van der Waals surface area contributed by atoms with Gasteiger partial charge < -0.3 is 14.3 Å². The number of thiophene rings is 1. The SMILES string of the molecule is O=c1oc(-c2cccs2)nn1CC(O)COc1ccc(F)cc1. The largest absolute Gasteiger partial charge is 0.491 e. The number of benzene rings is 1. The van der Waals surface area contributed by atoms with Crippen LogP contribution in [0.15, 0.2) is 51.0 Å². The first kappa shape index (κ1) is 15.4. The van der Waals surface area contributed by atoms with Gasteiger partial charge in [-0.25, -0.2) is 9.18 Å². The molecule has 3 aromatic rings. The second kappa shape index (κ2) is 6.76. The molecule has 1 aromatic carbocycles. The average molecular weight is 336 g/mol. The number of ether oxygens (including phenoxy) is 1. The minimum atomic E-state index is -0.959.